The SMILES string of the molecule is O=C(O)C(=O)C(O)P(=O)=O. The molecule has 0 aromatic rings. The lowest BCUT2D eigenvalue weighted by molar-refractivity contribution is -0.151. The Morgan fingerprint density at radius 3 is 1.80 bits per heavy atom. The van der Waals surface area contributed by atoms with E-state index >= 15 is 0 Å². The molecule has 0 aromatic heterocycles. The molecule has 0 saturated heterocycles. The zero-order chi connectivity index (χ0) is 8.31. The highest BCUT2D eigenvalue weighted by molar-refractivity contribution is 7.33. The molecule has 10 heavy (non-hydrogen) atoms. The van der Waals surface area contributed by atoms with E-state index in [4.69, 9.17) is 10.2 Å². The van der Waals surface area contributed by atoms with Gasteiger partial charge in [-0.1, -0.05) is 0 Å². The topological polar surface area (TPSA) is 109 Å². The van der Waals surface area contributed by atoms with Crippen LogP contribution in [0.15, 0.2) is 0 Å². The molecule has 0 spiro atoms. The second kappa shape index (κ2) is 3.24. The number of aliphatic carboxylic acids is 1. The van der Waals surface area contributed by atoms with Gasteiger partial charge in [0.25, 0.3) is 5.78 Å². The summed E-state index contributed by atoms with van der Waals surface area (Å²) in [7, 11) is -3.41. The van der Waals surface area contributed by atoms with Crippen LogP contribution in [0.3, 0.4) is 0 Å². The minimum absolute atomic E-state index is 1.74. The molecular weight excluding hydrogens is 163 g/mol. The molecular formula is C3H3O6P. The van der Waals surface area contributed by atoms with Crippen molar-refractivity contribution in [1.29, 1.82) is 0 Å². The molecule has 1 unspecified atom stereocenters. The maximum absolute atomic E-state index is 10.1. The molecule has 0 aliphatic carbocycles. The Hall–Kier alpha value is -1.00. The molecule has 56 valence electrons. The summed E-state index contributed by atoms with van der Waals surface area (Å²) >= 11 is 0. The second-order valence-electron chi connectivity index (χ2n) is 1.33. The van der Waals surface area contributed by atoms with Crippen molar-refractivity contribution in [2.24, 2.45) is 0 Å². The number of carbonyl (C=O) groups is 2. The lowest BCUT2D eigenvalue weighted by atomic mass is 10.4. The third-order valence-electron chi connectivity index (χ3n) is 0.645. The van der Waals surface area contributed by atoms with Crippen LogP contribution in [0.1, 0.15) is 0 Å². The summed E-state index contributed by atoms with van der Waals surface area (Å²) in [6.07, 6.45) is 0. The quantitative estimate of drug-likeness (QED) is 0.416. The molecule has 2 N–H and O–H groups in total. The Kier molecular flexibility index (Phi) is 2.92. The van der Waals surface area contributed by atoms with E-state index in [0.717, 1.165) is 0 Å². The molecule has 0 fully saturated rings. The summed E-state index contributed by atoms with van der Waals surface area (Å²) in [5.74, 6) is -6.13. The van der Waals surface area contributed by atoms with Gasteiger partial charge in [-0.2, -0.15) is 0 Å². The fourth-order valence-electron chi connectivity index (χ4n) is 0.206. The van der Waals surface area contributed by atoms with Crippen LogP contribution in [-0.4, -0.2) is 27.8 Å². The highest BCUT2D eigenvalue weighted by Gasteiger charge is 2.26. The summed E-state index contributed by atoms with van der Waals surface area (Å²) in [5.41, 5.74) is 0. The predicted molar refractivity (Wildman–Crippen MR) is 26.9 cm³/mol. The first-order chi connectivity index (χ1) is 4.46. The lowest BCUT2D eigenvalue weighted by Crippen LogP contribution is -2.23. The lowest BCUT2D eigenvalue weighted by Gasteiger charge is -1.91. The van der Waals surface area contributed by atoms with Crippen LogP contribution in [0, 0.1) is 0 Å². The highest BCUT2D eigenvalue weighted by Crippen LogP contribution is 2.11. The molecule has 6 nitrogen and oxygen atoms in total. The fraction of sp³-hybridized carbons (Fsp3) is 0.333. The van der Waals surface area contributed by atoms with Crippen LogP contribution in [0.2, 0.25) is 0 Å². The fourth-order valence-corrected chi connectivity index (χ4v) is 0.508. The van der Waals surface area contributed by atoms with Crippen molar-refractivity contribution in [3.8, 4) is 0 Å². The standard InChI is InChI=1S/C3H3O6P/c4-1(2(5)6)3(7)10(8)9/h3,7H,(H,5,6). The number of hydrogen-bond acceptors (Lipinski definition) is 5. The number of ketones is 1. The Morgan fingerprint density at radius 2 is 1.70 bits per heavy atom. The van der Waals surface area contributed by atoms with E-state index in [0.29, 0.717) is 0 Å². The summed E-state index contributed by atoms with van der Waals surface area (Å²) in [4.78, 5) is 19.7. The number of rotatable bonds is 3. The smallest absolute Gasteiger partial charge is 0.376 e. The van der Waals surface area contributed by atoms with Crippen LogP contribution in [-0.2, 0) is 18.7 Å². The third kappa shape index (κ3) is 2.08. The number of aliphatic hydroxyl groups excluding tert-OH is 1. The number of carboxylic acids is 1. The molecule has 7 heteroatoms. The summed E-state index contributed by atoms with van der Waals surface area (Å²) in [5, 5.41) is 16.1. The number of aliphatic hydroxyl groups is 1. The van der Waals surface area contributed by atoms with Gasteiger partial charge in [0.05, 0.1) is 0 Å². The van der Waals surface area contributed by atoms with Crippen molar-refractivity contribution < 1.29 is 28.9 Å². The van der Waals surface area contributed by atoms with Crippen LogP contribution >= 0.6 is 7.68 Å². The average Bonchev–Trinajstić information content (AvgIpc) is 1.84. The monoisotopic (exact) mass is 166 g/mol. The minimum Gasteiger partial charge on any atom is -0.475 e. The van der Waals surface area contributed by atoms with Crippen LogP contribution in [0.5, 0.6) is 0 Å². The summed E-state index contributed by atoms with van der Waals surface area (Å²) in [6, 6.07) is 0. The molecule has 1 atom stereocenters. The van der Waals surface area contributed by atoms with Crippen molar-refractivity contribution >= 4 is 19.4 Å². The first-order valence-corrected chi connectivity index (χ1v) is 3.30. The van der Waals surface area contributed by atoms with E-state index in [9.17, 15) is 18.7 Å². The number of carboxylic acid groups (broad SMARTS) is 1. The number of Topliss-reactive ketones (excluding diaryl/α,β-unsaturated/α-hetero) is 1. The molecule has 0 heterocycles. The Morgan fingerprint density at radius 1 is 1.30 bits per heavy atom. The normalized spacial score (nSPS) is 12.1. The van der Waals surface area contributed by atoms with Crippen molar-refractivity contribution in [2.75, 3.05) is 0 Å². The van der Waals surface area contributed by atoms with Gasteiger partial charge in [-0.05, 0) is 0 Å². The van der Waals surface area contributed by atoms with E-state index in [2.05, 4.69) is 0 Å². The van der Waals surface area contributed by atoms with Crippen LogP contribution in [0.25, 0.3) is 0 Å². The minimum atomic E-state index is -3.41. The van der Waals surface area contributed by atoms with Crippen molar-refractivity contribution in [3.63, 3.8) is 0 Å². The zero-order valence-corrected chi connectivity index (χ0v) is 5.45. The first kappa shape index (κ1) is 9.00. The van der Waals surface area contributed by atoms with E-state index < -0.39 is 25.3 Å². The predicted octanol–water partition coefficient (Wildman–Crippen LogP) is -0.869. The average molecular weight is 166 g/mol. The summed E-state index contributed by atoms with van der Waals surface area (Å²) in [6.45, 7) is 0. The molecule has 0 aliphatic heterocycles. The van der Waals surface area contributed by atoms with Gasteiger partial charge >= 0.3 is 13.6 Å². The van der Waals surface area contributed by atoms with E-state index in [-0.39, 0.29) is 0 Å². The van der Waals surface area contributed by atoms with E-state index in [1.54, 1.807) is 0 Å². The van der Waals surface area contributed by atoms with Crippen LogP contribution < -0.4 is 0 Å². The van der Waals surface area contributed by atoms with Gasteiger partial charge in [0.1, 0.15) is 0 Å². The molecule has 0 aliphatic rings. The highest BCUT2D eigenvalue weighted by atomic mass is 31.1. The maximum Gasteiger partial charge on any atom is 0.376 e. The number of hydrogen-bond donors (Lipinski definition) is 2. The third-order valence-corrected chi connectivity index (χ3v) is 1.28. The molecule has 0 aromatic carbocycles. The molecule has 0 saturated carbocycles. The summed E-state index contributed by atoms with van der Waals surface area (Å²) < 4.78 is 19.5. The number of carbonyl (C=O) groups excluding carboxylic acids is 1. The van der Waals surface area contributed by atoms with Gasteiger partial charge in [0.15, 0.2) is 0 Å². The Bertz CT molecular complexity index is 219. The van der Waals surface area contributed by atoms with Crippen molar-refractivity contribution in [1.82, 2.24) is 0 Å². The Labute approximate surface area is 55.3 Å². The largest absolute Gasteiger partial charge is 0.475 e. The van der Waals surface area contributed by atoms with E-state index in [1.807, 2.05) is 0 Å². The van der Waals surface area contributed by atoms with Gasteiger partial charge in [-0.3, -0.25) is 4.79 Å². The van der Waals surface area contributed by atoms with Crippen molar-refractivity contribution in [3.05, 3.63) is 0 Å². The van der Waals surface area contributed by atoms with Gasteiger partial charge in [-0.15, -0.1) is 0 Å². The molecule has 0 amide bonds. The maximum atomic E-state index is 10.1. The van der Waals surface area contributed by atoms with Crippen LogP contribution in [0.4, 0.5) is 0 Å². The van der Waals surface area contributed by atoms with Gasteiger partial charge in [0.2, 0.25) is 5.85 Å². The van der Waals surface area contributed by atoms with Crippen molar-refractivity contribution in [2.45, 2.75) is 5.85 Å². The Balaban J connectivity index is 4.37. The first-order valence-electron chi connectivity index (χ1n) is 2.05. The van der Waals surface area contributed by atoms with Gasteiger partial charge in [-0.25, -0.2) is 13.9 Å². The van der Waals surface area contributed by atoms with Gasteiger partial charge in [0, 0.05) is 0 Å². The van der Waals surface area contributed by atoms with E-state index in [1.165, 1.54) is 0 Å². The molecule has 0 rings (SSSR count). The second-order valence-corrected chi connectivity index (χ2v) is 2.39. The zero-order valence-electron chi connectivity index (χ0n) is 4.55. The van der Waals surface area contributed by atoms with Gasteiger partial charge < -0.3 is 10.2 Å². The molecule has 0 bridgehead atoms. The molecule has 0 radical (unpaired) electrons.